The van der Waals surface area contributed by atoms with Crippen LogP contribution in [-0.4, -0.2) is 44.7 Å². The molecule has 0 aliphatic carbocycles. The number of aliphatic hydroxyl groups excluding tert-OH is 1. The van der Waals surface area contributed by atoms with Crippen LogP contribution < -0.4 is 14.8 Å². The Morgan fingerprint density at radius 3 is 2.16 bits per heavy atom. The fraction of sp³-hybridized carbons (Fsp3) is 0.350. The molecule has 0 bridgehead atoms. The second-order valence-corrected chi connectivity index (χ2v) is 8.71. The summed E-state index contributed by atoms with van der Waals surface area (Å²) >= 11 is 0. The summed E-state index contributed by atoms with van der Waals surface area (Å²) in [5, 5.41) is 12.4. The summed E-state index contributed by atoms with van der Waals surface area (Å²) in [6.45, 7) is 2.95. The van der Waals surface area contributed by atoms with Crippen molar-refractivity contribution in [1.29, 1.82) is 0 Å². The van der Waals surface area contributed by atoms with Gasteiger partial charge in [-0.25, -0.2) is 13.1 Å². The smallest absolute Gasteiger partial charge is 0.416 e. The average molecular weight is 460 g/mol. The highest BCUT2D eigenvalue weighted by Gasteiger charge is 2.30. The molecule has 7 nitrogen and oxygen atoms in total. The predicted octanol–water partition coefficient (Wildman–Crippen LogP) is 2.56. The van der Waals surface area contributed by atoms with Gasteiger partial charge in [0, 0.05) is 18.2 Å². The SMILES string of the molecule is CC(C)NS(=O)(=O)c1ccc(C(=O)NCC(O)COc2ccc(C(F)(F)F)cc2)cc1. The second kappa shape index (κ2) is 10.1. The van der Waals surface area contributed by atoms with Crippen LogP contribution in [0.2, 0.25) is 0 Å². The summed E-state index contributed by atoms with van der Waals surface area (Å²) in [5.41, 5.74) is -0.620. The zero-order valence-electron chi connectivity index (χ0n) is 16.8. The lowest BCUT2D eigenvalue weighted by atomic mass is 10.2. The molecule has 1 atom stereocenters. The fourth-order valence-electron chi connectivity index (χ4n) is 2.47. The van der Waals surface area contributed by atoms with Crippen molar-refractivity contribution >= 4 is 15.9 Å². The van der Waals surface area contributed by atoms with E-state index in [4.69, 9.17) is 4.74 Å². The number of carbonyl (C=O) groups excluding carboxylic acids is 1. The van der Waals surface area contributed by atoms with Crippen molar-refractivity contribution in [3.05, 3.63) is 59.7 Å². The van der Waals surface area contributed by atoms with Gasteiger partial charge in [-0.05, 0) is 62.4 Å². The van der Waals surface area contributed by atoms with Gasteiger partial charge in [0.15, 0.2) is 0 Å². The molecule has 170 valence electrons. The van der Waals surface area contributed by atoms with Crippen molar-refractivity contribution < 1.29 is 36.2 Å². The molecule has 31 heavy (non-hydrogen) atoms. The maximum atomic E-state index is 12.5. The first kappa shape index (κ1) is 24.6. The summed E-state index contributed by atoms with van der Waals surface area (Å²) in [4.78, 5) is 12.2. The summed E-state index contributed by atoms with van der Waals surface area (Å²) in [7, 11) is -3.67. The number of benzene rings is 2. The van der Waals surface area contributed by atoms with Crippen LogP contribution in [0, 0.1) is 0 Å². The third kappa shape index (κ3) is 7.53. The highest BCUT2D eigenvalue weighted by Crippen LogP contribution is 2.30. The van der Waals surface area contributed by atoms with E-state index in [9.17, 15) is 31.5 Å². The first-order valence-corrected chi connectivity index (χ1v) is 10.8. The Balaban J connectivity index is 1.84. The standard InChI is InChI=1S/C20H23F3N2O5S/c1-13(2)25-31(28,29)18-9-3-14(4-10-18)19(27)24-11-16(26)12-30-17-7-5-15(6-8-17)20(21,22)23/h3-10,13,16,25-26H,11-12H2,1-2H3,(H,24,27). The number of amides is 1. The monoisotopic (exact) mass is 460 g/mol. The summed E-state index contributed by atoms with van der Waals surface area (Å²) in [5.74, 6) is -0.389. The molecule has 2 aromatic carbocycles. The van der Waals surface area contributed by atoms with Gasteiger partial charge in [0.05, 0.1) is 10.5 Å². The van der Waals surface area contributed by atoms with E-state index in [0.29, 0.717) is 0 Å². The van der Waals surface area contributed by atoms with Crippen LogP contribution in [-0.2, 0) is 16.2 Å². The second-order valence-electron chi connectivity index (χ2n) is 7.00. The van der Waals surface area contributed by atoms with Crippen LogP contribution in [0.5, 0.6) is 5.75 Å². The van der Waals surface area contributed by atoms with Crippen LogP contribution in [0.1, 0.15) is 29.8 Å². The van der Waals surface area contributed by atoms with Gasteiger partial charge >= 0.3 is 6.18 Å². The lowest BCUT2D eigenvalue weighted by Crippen LogP contribution is -2.35. The van der Waals surface area contributed by atoms with Gasteiger partial charge < -0.3 is 15.2 Å². The first-order valence-electron chi connectivity index (χ1n) is 9.27. The van der Waals surface area contributed by atoms with Crippen molar-refractivity contribution in [2.24, 2.45) is 0 Å². The molecule has 2 aromatic rings. The van der Waals surface area contributed by atoms with Gasteiger partial charge in [0.2, 0.25) is 10.0 Å². The normalized spacial score (nSPS) is 13.1. The summed E-state index contributed by atoms with van der Waals surface area (Å²) < 4.78 is 69.4. The number of hydrogen-bond donors (Lipinski definition) is 3. The van der Waals surface area contributed by atoms with Crippen molar-refractivity contribution in [2.45, 2.75) is 37.1 Å². The highest BCUT2D eigenvalue weighted by atomic mass is 32.2. The average Bonchev–Trinajstić information content (AvgIpc) is 2.69. The van der Waals surface area contributed by atoms with E-state index in [2.05, 4.69) is 10.0 Å². The number of hydrogen-bond acceptors (Lipinski definition) is 5. The predicted molar refractivity (Wildman–Crippen MR) is 107 cm³/mol. The Labute approximate surface area is 178 Å². The maximum Gasteiger partial charge on any atom is 0.416 e. The van der Waals surface area contributed by atoms with E-state index in [1.807, 2.05) is 0 Å². The Bertz CT molecular complexity index is 975. The van der Waals surface area contributed by atoms with Crippen molar-refractivity contribution in [1.82, 2.24) is 10.0 Å². The number of alkyl halides is 3. The zero-order chi connectivity index (χ0) is 23.2. The van der Waals surface area contributed by atoms with E-state index < -0.39 is 33.8 Å². The van der Waals surface area contributed by atoms with Crippen molar-refractivity contribution in [3.8, 4) is 5.75 Å². The fourth-order valence-corrected chi connectivity index (χ4v) is 3.72. The molecule has 3 N–H and O–H groups in total. The molecule has 0 aliphatic heterocycles. The van der Waals surface area contributed by atoms with Crippen molar-refractivity contribution in [3.63, 3.8) is 0 Å². The van der Waals surface area contributed by atoms with Crippen LogP contribution in [0.4, 0.5) is 13.2 Å². The van der Waals surface area contributed by atoms with E-state index in [0.717, 1.165) is 24.3 Å². The minimum Gasteiger partial charge on any atom is -0.491 e. The third-order valence-electron chi connectivity index (χ3n) is 3.94. The highest BCUT2D eigenvalue weighted by molar-refractivity contribution is 7.89. The number of sulfonamides is 1. The molecule has 0 saturated heterocycles. The van der Waals surface area contributed by atoms with Crippen LogP contribution in [0.15, 0.2) is 53.4 Å². The molecule has 0 aliphatic rings. The van der Waals surface area contributed by atoms with E-state index in [-0.39, 0.29) is 35.4 Å². The number of rotatable bonds is 9. The lowest BCUT2D eigenvalue weighted by molar-refractivity contribution is -0.137. The molecule has 1 amide bonds. The molecule has 2 rings (SSSR count). The van der Waals surface area contributed by atoms with E-state index >= 15 is 0 Å². The molecular formula is C20H23F3N2O5S. The number of ether oxygens (including phenoxy) is 1. The molecule has 0 heterocycles. The molecule has 11 heteroatoms. The molecular weight excluding hydrogens is 437 g/mol. The van der Waals surface area contributed by atoms with Crippen molar-refractivity contribution in [2.75, 3.05) is 13.2 Å². The quantitative estimate of drug-likeness (QED) is 0.534. The number of carbonyl (C=O) groups is 1. The van der Waals surface area contributed by atoms with Gasteiger partial charge in [-0.2, -0.15) is 13.2 Å². The van der Waals surface area contributed by atoms with E-state index in [1.165, 1.54) is 24.3 Å². The molecule has 0 saturated carbocycles. The molecule has 0 aromatic heterocycles. The molecule has 0 radical (unpaired) electrons. The Morgan fingerprint density at radius 2 is 1.65 bits per heavy atom. The lowest BCUT2D eigenvalue weighted by Gasteiger charge is -2.14. The Hall–Kier alpha value is -2.63. The minimum atomic E-state index is -4.45. The van der Waals surface area contributed by atoms with E-state index in [1.54, 1.807) is 13.8 Å². The topological polar surface area (TPSA) is 105 Å². The molecule has 0 spiro atoms. The van der Waals surface area contributed by atoms with Gasteiger partial charge in [0.1, 0.15) is 18.5 Å². The summed E-state index contributed by atoms with van der Waals surface area (Å²) in [6, 6.07) is 9.00. The Kier molecular flexibility index (Phi) is 8.04. The number of nitrogens with one attached hydrogen (secondary N) is 2. The zero-order valence-corrected chi connectivity index (χ0v) is 17.6. The van der Waals surface area contributed by atoms with Gasteiger partial charge in [-0.1, -0.05) is 0 Å². The number of aliphatic hydroxyl groups is 1. The van der Waals surface area contributed by atoms with Crippen LogP contribution in [0.3, 0.4) is 0 Å². The molecule has 1 unspecified atom stereocenters. The van der Waals surface area contributed by atoms with Gasteiger partial charge in [0.25, 0.3) is 5.91 Å². The number of halogens is 3. The maximum absolute atomic E-state index is 12.5. The van der Waals surface area contributed by atoms with Crippen LogP contribution in [0.25, 0.3) is 0 Å². The summed E-state index contributed by atoms with van der Waals surface area (Å²) in [6.07, 6.45) is -5.56. The van der Waals surface area contributed by atoms with Gasteiger partial charge in [-0.15, -0.1) is 0 Å². The molecule has 0 fully saturated rings. The minimum absolute atomic E-state index is 0.0164. The van der Waals surface area contributed by atoms with Crippen LogP contribution >= 0.6 is 0 Å². The Morgan fingerprint density at radius 1 is 1.06 bits per heavy atom. The largest absolute Gasteiger partial charge is 0.491 e. The third-order valence-corrected chi connectivity index (χ3v) is 5.61. The first-order chi connectivity index (χ1) is 14.4. The van der Waals surface area contributed by atoms with Gasteiger partial charge in [-0.3, -0.25) is 4.79 Å².